The highest BCUT2D eigenvalue weighted by atomic mass is 79.9. The first-order valence-corrected chi connectivity index (χ1v) is 9.86. The van der Waals surface area contributed by atoms with Crippen molar-refractivity contribution >= 4 is 33.6 Å². The fourth-order valence-corrected chi connectivity index (χ4v) is 3.30. The molecular weight excluding hydrogens is 410 g/mol. The van der Waals surface area contributed by atoms with Crippen LogP contribution in [0.3, 0.4) is 0 Å². The van der Waals surface area contributed by atoms with Crippen LogP contribution in [0.1, 0.15) is 49.7 Å². The molecule has 27 heavy (non-hydrogen) atoms. The Bertz CT molecular complexity index is 816. The summed E-state index contributed by atoms with van der Waals surface area (Å²) in [5.74, 6) is 0.979. The minimum Gasteiger partial charge on any atom is -0.359 e. The number of anilines is 1. The van der Waals surface area contributed by atoms with Gasteiger partial charge in [-0.25, -0.2) is 0 Å². The molecule has 0 spiro atoms. The second-order valence-corrected chi connectivity index (χ2v) is 8.80. The molecule has 7 heteroatoms. The molecule has 6 nitrogen and oxygen atoms in total. The van der Waals surface area contributed by atoms with Gasteiger partial charge in [-0.1, -0.05) is 41.9 Å². The lowest BCUT2D eigenvalue weighted by Gasteiger charge is -2.31. The highest BCUT2D eigenvalue weighted by Gasteiger charge is 2.29. The monoisotopic (exact) mass is 433 g/mol. The Morgan fingerprint density at radius 3 is 2.37 bits per heavy atom. The van der Waals surface area contributed by atoms with Crippen molar-refractivity contribution in [2.24, 2.45) is 5.92 Å². The molecule has 1 N–H and O–H groups in total. The number of nitrogens with zero attached hydrogens (tertiary/aromatic N) is 2. The molecule has 144 valence electrons. The Morgan fingerprint density at radius 2 is 1.81 bits per heavy atom. The number of piperidine rings is 1. The fourth-order valence-electron chi connectivity index (χ4n) is 3.04. The van der Waals surface area contributed by atoms with Gasteiger partial charge in [0, 0.05) is 40.5 Å². The van der Waals surface area contributed by atoms with Gasteiger partial charge in [0.1, 0.15) is 5.76 Å². The molecule has 0 bridgehead atoms. The van der Waals surface area contributed by atoms with Crippen molar-refractivity contribution in [3.8, 4) is 0 Å². The zero-order valence-electron chi connectivity index (χ0n) is 15.8. The number of carbonyl (C=O) groups excluding carboxylic acids is 2. The highest BCUT2D eigenvalue weighted by Crippen LogP contribution is 2.26. The summed E-state index contributed by atoms with van der Waals surface area (Å²) in [5, 5.41) is 6.77. The third-order valence-corrected chi connectivity index (χ3v) is 5.27. The molecule has 1 saturated heterocycles. The van der Waals surface area contributed by atoms with Crippen LogP contribution in [0.5, 0.6) is 0 Å². The number of carbonyl (C=O) groups is 2. The third-order valence-electron chi connectivity index (χ3n) is 4.74. The molecular formula is C20H24BrN3O3. The highest BCUT2D eigenvalue weighted by molar-refractivity contribution is 9.10. The zero-order valence-corrected chi connectivity index (χ0v) is 17.4. The Labute approximate surface area is 167 Å². The molecule has 0 atom stereocenters. The summed E-state index contributed by atoms with van der Waals surface area (Å²) < 4.78 is 6.24. The normalized spacial score (nSPS) is 15.6. The predicted molar refractivity (Wildman–Crippen MR) is 107 cm³/mol. The molecule has 2 aromatic rings. The molecule has 3 rings (SSSR count). The van der Waals surface area contributed by atoms with Crippen LogP contribution in [0.2, 0.25) is 0 Å². The van der Waals surface area contributed by atoms with Crippen molar-refractivity contribution in [1.82, 2.24) is 10.1 Å². The van der Waals surface area contributed by atoms with E-state index in [1.54, 1.807) is 11.0 Å². The van der Waals surface area contributed by atoms with Gasteiger partial charge in [-0.2, -0.15) is 0 Å². The van der Waals surface area contributed by atoms with Crippen LogP contribution in [-0.2, 0) is 10.2 Å². The van der Waals surface area contributed by atoms with E-state index in [-0.39, 0.29) is 23.1 Å². The number of rotatable bonds is 3. The Kier molecular flexibility index (Phi) is 5.69. The second kappa shape index (κ2) is 7.84. The van der Waals surface area contributed by atoms with Gasteiger partial charge in [-0.15, -0.1) is 0 Å². The molecule has 0 radical (unpaired) electrons. The number of aromatic nitrogens is 1. The Morgan fingerprint density at radius 1 is 1.19 bits per heavy atom. The lowest BCUT2D eigenvalue weighted by molar-refractivity contribution is -0.121. The lowest BCUT2D eigenvalue weighted by atomic mass is 9.93. The summed E-state index contributed by atoms with van der Waals surface area (Å²) in [6.07, 6.45) is 1.27. The van der Waals surface area contributed by atoms with Crippen LogP contribution >= 0.6 is 15.9 Å². The lowest BCUT2D eigenvalue weighted by Crippen LogP contribution is -2.41. The Hall–Kier alpha value is -2.15. The maximum atomic E-state index is 12.6. The molecule has 0 unspecified atom stereocenters. The topological polar surface area (TPSA) is 75.4 Å². The molecule has 0 saturated carbocycles. The number of likely N-dealkylation sites (tertiary alicyclic amines) is 1. The van der Waals surface area contributed by atoms with Gasteiger partial charge in [-0.05, 0) is 37.1 Å². The van der Waals surface area contributed by atoms with E-state index < -0.39 is 0 Å². The van der Waals surface area contributed by atoms with Crippen LogP contribution in [0.15, 0.2) is 39.3 Å². The molecule has 1 aliphatic rings. The van der Waals surface area contributed by atoms with E-state index >= 15 is 0 Å². The van der Waals surface area contributed by atoms with Gasteiger partial charge in [0.25, 0.3) is 5.91 Å². The number of amides is 2. The smallest absolute Gasteiger partial charge is 0.253 e. The average Bonchev–Trinajstić information content (AvgIpc) is 3.11. The quantitative estimate of drug-likeness (QED) is 0.785. The fraction of sp³-hybridized carbons (Fsp3) is 0.450. The zero-order chi connectivity index (χ0) is 19.6. The van der Waals surface area contributed by atoms with E-state index in [0.29, 0.717) is 37.3 Å². The van der Waals surface area contributed by atoms with Crippen LogP contribution in [0.4, 0.5) is 5.82 Å². The van der Waals surface area contributed by atoms with Crippen molar-refractivity contribution in [1.29, 1.82) is 0 Å². The van der Waals surface area contributed by atoms with E-state index in [1.807, 2.05) is 45.0 Å². The van der Waals surface area contributed by atoms with Crippen molar-refractivity contribution in [2.75, 3.05) is 18.4 Å². The summed E-state index contributed by atoms with van der Waals surface area (Å²) in [6.45, 7) is 7.21. The molecule has 1 aliphatic heterocycles. The summed E-state index contributed by atoms with van der Waals surface area (Å²) in [5.41, 5.74) is 0.507. The maximum Gasteiger partial charge on any atom is 0.253 e. The first-order chi connectivity index (χ1) is 12.7. The third kappa shape index (κ3) is 4.77. The molecule has 1 aromatic carbocycles. The first-order valence-electron chi connectivity index (χ1n) is 9.07. The van der Waals surface area contributed by atoms with E-state index in [4.69, 9.17) is 4.52 Å². The molecule has 1 fully saturated rings. The SMILES string of the molecule is CC(C)(C)c1cc(NC(=O)C2CCN(C(=O)c3ccc(Br)cc3)CC2)no1. The second-order valence-electron chi connectivity index (χ2n) is 7.89. The van der Waals surface area contributed by atoms with Gasteiger partial charge in [0.2, 0.25) is 5.91 Å². The largest absolute Gasteiger partial charge is 0.359 e. The number of halogens is 1. The predicted octanol–water partition coefficient (Wildman–Crippen LogP) is 4.23. The molecule has 0 aliphatic carbocycles. The van der Waals surface area contributed by atoms with Gasteiger partial charge in [-0.3, -0.25) is 9.59 Å². The van der Waals surface area contributed by atoms with E-state index in [2.05, 4.69) is 26.4 Å². The average molecular weight is 434 g/mol. The van der Waals surface area contributed by atoms with Crippen LogP contribution in [0, 0.1) is 5.92 Å². The van der Waals surface area contributed by atoms with E-state index in [0.717, 1.165) is 10.2 Å². The van der Waals surface area contributed by atoms with Crippen molar-refractivity contribution in [3.63, 3.8) is 0 Å². The van der Waals surface area contributed by atoms with Crippen molar-refractivity contribution in [2.45, 2.75) is 39.0 Å². The van der Waals surface area contributed by atoms with E-state index in [9.17, 15) is 9.59 Å². The van der Waals surface area contributed by atoms with Crippen LogP contribution in [-0.4, -0.2) is 35.0 Å². The van der Waals surface area contributed by atoms with Gasteiger partial charge >= 0.3 is 0 Å². The van der Waals surface area contributed by atoms with Crippen molar-refractivity contribution in [3.05, 3.63) is 46.1 Å². The van der Waals surface area contributed by atoms with E-state index in [1.165, 1.54) is 0 Å². The molecule has 1 aromatic heterocycles. The number of nitrogens with one attached hydrogen (secondary N) is 1. The van der Waals surface area contributed by atoms with Crippen molar-refractivity contribution < 1.29 is 14.1 Å². The number of hydrogen-bond donors (Lipinski definition) is 1. The minimum absolute atomic E-state index is 0.00711. The summed E-state index contributed by atoms with van der Waals surface area (Å²) in [6, 6.07) is 9.10. The van der Waals surface area contributed by atoms with Gasteiger partial charge in [0.05, 0.1) is 0 Å². The summed E-state index contributed by atoms with van der Waals surface area (Å²) in [4.78, 5) is 26.9. The number of benzene rings is 1. The van der Waals surface area contributed by atoms with Gasteiger partial charge in [0.15, 0.2) is 5.82 Å². The van der Waals surface area contributed by atoms with Crippen LogP contribution in [0.25, 0.3) is 0 Å². The summed E-state index contributed by atoms with van der Waals surface area (Å²) >= 11 is 3.37. The Balaban J connectivity index is 1.54. The first kappa shape index (κ1) is 19.6. The van der Waals surface area contributed by atoms with Gasteiger partial charge < -0.3 is 14.7 Å². The molecule has 2 heterocycles. The van der Waals surface area contributed by atoms with Crippen LogP contribution < -0.4 is 5.32 Å². The maximum absolute atomic E-state index is 12.6. The standard InChI is InChI=1S/C20H24BrN3O3/c1-20(2,3)16-12-17(23-27-16)22-18(25)13-8-10-24(11-9-13)19(26)14-4-6-15(21)7-5-14/h4-7,12-13H,8-11H2,1-3H3,(H,22,23,25). The summed E-state index contributed by atoms with van der Waals surface area (Å²) in [7, 11) is 0. The minimum atomic E-state index is -0.158. The molecule has 2 amide bonds. The number of hydrogen-bond acceptors (Lipinski definition) is 4.